The fourth-order valence-corrected chi connectivity index (χ4v) is 3.23. The molecule has 0 bridgehead atoms. The van der Waals surface area contributed by atoms with Gasteiger partial charge in [-0.05, 0) is 44.4 Å². The molecule has 0 saturated carbocycles. The Morgan fingerprint density at radius 3 is 2.24 bits per heavy atom. The Hall–Kier alpha value is -2.36. The summed E-state index contributed by atoms with van der Waals surface area (Å²) in [5, 5.41) is 0. The quantitative estimate of drug-likeness (QED) is 0.742. The number of anilines is 1. The van der Waals surface area contributed by atoms with E-state index in [-0.39, 0.29) is 0 Å². The third-order valence-corrected chi connectivity index (χ3v) is 3.90. The van der Waals surface area contributed by atoms with Crippen molar-refractivity contribution in [3.8, 4) is 11.1 Å². The van der Waals surface area contributed by atoms with Crippen LogP contribution in [0.1, 0.15) is 22.5 Å². The Bertz CT molecular complexity index is 836. The number of fused-ring (bicyclic) bond motifs is 1. The van der Waals surface area contributed by atoms with E-state index in [0.29, 0.717) is 11.6 Å². The second-order valence-corrected chi connectivity index (χ2v) is 5.78. The van der Waals surface area contributed by atoms with Crippen molar-refractivity contribution in [3.05, 3.63) is 40.8 Å². The number of nitrogens with zero attached hydrogens (tertiary/aromatic N) is 3. The average Bonchev–Trinajstić information content (AvgIpc) is 2.65. The van der Waals surface area contributed by atoms with Gasteiger partial charge in [-0.15, -0.1) is 0 Å². The topological polar surface area (TPSA) is 56.7 Å². The molecule has 0 unspecified atom stereocenters. The molecule has 0 radical (unpaired) electrons. The smallest absolute Gasteiger partial charge is 0.151 e. The average molecular weight is 280 g/mol. The van der Waals surface area contributed by atoms with Crippen molar-refractivity contribution in [2.45, 2.75) is 27.7 Å². The van der Waals surface area contributed by atoms with Gasteiger partial charge in [-0.25, -0.2) is 9.97 Å². The van der Waals surface area contributed by atoms with Crippen LogP contribution in [0.3, 0.4) is 0 Å². The fraction of sp³-hybridized carbons (Fsp3) is 0.294. The second-order valence-electron chi connectivity index (χ2n) is 5.78. The molecule has 0 aliphatic carbocycles. The zero-order valence-corrected chi connectivity index (χ0v) is 13.2. The van der Waals surface area contributed by atoms with Crippen LogP contribution in [0.4, 0.5) is 5.82 Å². The number of nitrogen functional groups attached to an aromatic ring is 1. The second kappa shape index (κ2) is 4.58. The molecule has 4 nitrogen and oxygen atoms in total. The predicted octanol–water partition coefficient (Wildman–Crippen LogP) is 3.45. The SMILES string of the molecule is Cc1cc(C)c(-c2cn(C)c3c(N)nc(C)nc23)c(C)c1. The number of aryl methyl sites for hydroxylation is 5. The maximum atomic E-state index is 6.08. The maximum absolute atomic E-state index is 6.08. The zero-order valence-electron chi connectivity index (χ0n) is 13.2. The minimum Gasteiger partial charge on any atom is -0.382 e. The molecule has 2 N–H and O–H groups in total. The van der Waals surface area contributed by atoms with Crippen LogP contribution in [0.15, 0.2) is 18.3 Å². The van der Waals surface area contributed by atoms with Crippen molar-refractivity contribution in [1.29, 1.82) is 0 Å². The maximum Gasteiger partial charge on any atom is 0.151 e. The van der Waals surface area contributed by atoms with Gasteiger partial charge in [0.1, 0.15) is 16.9 Å². The van der Waals surface area contributed by atoms with Crippen LogP contribution in [0, 0.1) is 27.7 Å². The number of benzene rings is 1. The van der Waals surface area contributed by atoms with Gasteiger partial charge >= 0.3 is 0 Å². The first-order valence-electron chi connectivity index (χ1n) is 7.06. The zero-order chi connectivity index (χ0) is 15.3. The largest absolute Gasteiger partial charge is 0.382 e. The minimum absolute atomic E-state index is 0.536. The molecule has 0 saturated heterocycles. The third kappa shape index (κ3) is 2.07. The van der Waals surface area contributed by atoms with Gasteiger partial charge in [0.15, 0.2) is 5.82 Å². The van der Waals surface area contributed by atoms with E-state index in [4.69, 9.17) is 5.73 Å². The number of hydrogen-bond acceptors (Lipinski definition) is 3. The molecule has 0 fully saturated rings. The van der Waals surface area contributed by atoms with Crippen molar-refractivity contribution in [1.82, 2.24) is 14.5 Å². The van der Waals surface area contributed by atoms with Crippen molar-refractivity contribution in [2.75, 3.05) is 5.73 Å². The molecule has 3 aromatic rings. The Morgan fingerprint density at radius 1 is 1.00 bits per heavy atom. The summed E-state index contributed by atoms with van der Waals surface area (Å²) in [5.41, 5.74) is 14.1. The van der Waals surface area contributed by atoms with Crippen molar-refractivity contribution in [2.24, 2.45) is 7.05 Å². The highest BCUT2D eigenvalue weighted by atomic mass is 15.0. The number of aromatic nitrogens is 3. The van der Waals surface area contributed by atoms with Crippen LogP contribution in [0.5, 0.6) is 0 Å². The number of rotatable bonds is 1. The fourth-order valence-electron chi connectivity index (χ4n) is 3.23. The molecule has 4 heteroatoms. The molecule has 0 atom stereocenters. The summed E-state index contributed by atoms with van der Waals surface area (Å²) in [6.07, 6.45) is 2.10. The Morgan fingerprint density at radius 2 is 1.62 bits per heavy atom. The van der Waals surface area contributed by atoms with E-state index >= 15 is 0 Å². The van der Waals surface area contributed by atoms with Crippen LogP contribution < -0.4 is 5.73 Å². The van der Waals surface area contributed by atoms with Crippen molar-refractivity contribution < 1.29 is 0 Å². The lowest BCUT2D eigenvalue weighted by Gasteiger charge is -2.10. The molecular weight excluding hydrogens is 260 g/mol. The van der Waals surface area contributed by atoms with E-state index in [1.54, 1.807) is 0 Å². The lowest BCUT2D eigenvalue weighted by atomic mass is 9.95. The highest BCUT2D eigenvalue weighted by Crippen LogP contribution is 2.35. The van der Waals surface area contributed by atoms with Crippen LogP contribution >= 0.6 is 0 Å². The summed E-state index contributed by atoms with van der Waals surface area (Å²) in [4.78, 5) is 8.90. The van der Waals surface area contributed by atoms with E-state index in [0.717, 1.165) is 16.6 Å². The van der Waals surface area contributed by atoms with Gasteiger partial charge in [-0.2, -0.15) is 0 Å². The van der Waals surface area contributed by atoms with Gasteiger partial charge in [0.25, 0.3) is 0 Å². The monoisotopic (exact) mass is 280 g/mol. The first-order valence-corrected chi connectivity index (χ1v) is 7.06. The number of hydrogen-bond donors (Lipinski definition) is 1. The van der Waals surface area contributed by atoms with Crippen LogP contribution in [0.25, 0.3) is 22.2 Å². The first kappa shape index (κ1) is 13.6. The number of nitrogens with two attached hydrogens (primary N) is 1. The Labute approximate surface area is 124 Å². The van der Waals surface area contributed by atoms with E-state index in [1.165, 1.54) is 22.3 Å². The van der Waals surface area contributed by atoms with Gasteiger partial charge in [-0.3, -0.25) is 0 Å². The summed E-state index contributed by atoms with van der Waals surface area (Å²) >= 11 is 0. The standard InChI is InChI=1S/C17H20N4/c1-9-6-10(2)14(11(3)7-9)13-8-21(5)16-15(13)19-12(4)20-17(16)18/h6-8H,1-5H3,(H2,18,19,20). The lowest BCUT2D eigenvalue weighted by Crippen LogP contribution is -1.99. The normalized spacial score (nSPS) is 11.3. The van der Waals surface area contributed by atoms with E-state index in [9.17, 15) is 0 Å². The van der Waals surface area contributed by atoms with Crippen molar-refractivity contribution >= 4 is 16.9 Å². The summed E-state index contributed by atoms with van der Waals surface area (Å²) in [6.45, 7) is 8.29. The molecule has 0 spiro atoms. The summed E-state index contributed by atoms with van der Waals surface area (Å²) in [5.74, 6) is 1.24. The summed E-state index contributed by atoms with van der Waals surface area (Å²) in [6, 6.07) is 4.41. The first-order chi connectivity index (χ1) is 9.88. The van der Waals surface area contributed by atoms with Gasteiger partial charge < -0.3 is 10.3 Å². The van der Waals surface area contributed by atoms with Crippen molar-refractivity contribution in [3.63, 3.8) is 0 Å². The highest BCUT2D eigenvalue weighted by molar-refractivity contribution is 5.99. The molecule has 2 aromatic heterocycles. The van der Waals surface area contributed by atoms with Crippen LogP contribution in [0.2, 0.25) is 0 Å². The predicted molar refractivity (Wildman–Crippen MR) is 87.3 cm³/mol. The molecule has 3 rings (SSSR count). The highest BCUT2D eigenvalue weighted by Gasteiger charge is 2.17. The van der Waals surface area contributed by atoms with Gasteiger partial charge in [0.05, 0.1) is 0 Å². The molecule has 0 amide bonds. The van der Waals surface area contributed by atoms with Crippen LogP contribution in [-0.4, -0.2) is 14.5 Å². The van der Waals surface area contributed by atoms with E-state index in [1.807, 2.05) is 18.5 Å². The Balaban J connectivity index is 2.42. The molecule has 0 aliphatic rings. The Kier molecular flexibility index (Phi) is 2.97. The van der Waals surface area contributed by atoms with E-state index in [2.05, 4.69) is 49.1 Å². The van der Waals surface area contributed by atoms with Crippen LogP contribution in [-0.2, 0) is 7.05 Å². The summed E-state index contributed by atoms with van der Waals surface area (Å²) in [7, 11) is 1.99. The minimum atomic E-state index is 0.536. The third-order valence-electron chi connectivity index (χ3n) is 3.90. The molecule has 2 heterocycles. The van der Waals surface area contributed by atoms with Gasteiger partial charge in [0.2, 0.25) is 0 Å². The van der Waals surface area contributed by atoms with Gasteiger partial charge in [0, 0.05) is 18.8 Å². The summed E-state index contributed by atoms with van der Waals surface area (Å²) < 4.78 is 2.01. The molecule has 0 aliphatic heterocycles. The molecule has 21 heavy (non-hydrogen) atoms. The molecular formula is C17H20N4. The van der Waals surface area contributed by atoms with Gasteiger partial charge in [-0.1, -0.05) is 17.7 Å². The lowest BCUT2D eigenvalue weighted by molar-refractivity contribution is 0.961. The van der Waals surface area contributed by atoms with E-state index < -0.39 is 0 Å². The molecule has 1 aromatic carbocycles. The molecule has 108 valence electrons.